The van der Waals surface area contributed by atoms with E-state index in [9.17, 15) is 9.59 Å². The molecule has 2 N–H and O–H groups in total. The Hall–Kier alpha value is -2.12. The Labute approximate surface area is 135 Å². The van der Waals surface area contributed by atoms with Gasteiger partial charge in [0.2, 0.25) is 0 Å². The number of thiazole rings is 1. The van der Waals surface area contributed by atoms with E-state index in [-0.39, 0.29) is 17.5 Å². The summed E-state index contributed by atoms with van der Waals surface area (Å²) in [6, 6.07) is 8.45. The summed E-state index contributed by atoms with van der Waals surface area (Å²) in [6.07, 6.45) is 0.469. The van der Waals surface area contributed by atoms with Crippen molar-refractivity contribution in [3.63, 3.8) is 0 Å². The fourth-order valence-electron chi connectivity index (χ4n) is 1.73. The normalized spacial score (nSPS) is 11.7. The lowest BCUT2D eigenvalue weighted by Gasteiger charge is -2.15. The molecule has 0 saturated heterocycles. The first-order valence-electron chi connectivity index (χ1n) is 6.35. The molecule has 6 nitrogen and oxygen atoms in total. The number of carboxylic acid groups (broad SMARTS) is 1. The molecule has 116 valence electrons. The van der Waals surface area contributed by atoms with E-state index in [1.807, 2.05) is 30.3 Å². The maximum atomic E-state index is 11.8. The third-order valence-corrected chi connectivity index (χ3v) is 3.95. The first-order chi connectivity index (χ1) is 10.5. The van der Waals surface area contributed by atoms with Gasteiger partial charge in [0.1, 0.15) is 6.61 Å². The zero-order valence-corrected chi connectivity index (χ0v) is 12.9. The number of carbonyl (C=O) groups is 2. The van der Waals surface area contributed by atoms with Crippen LogP contribution in [0.15, 0.2) is 36.5 Å². The second kappa shape index (κ2) is 7.77. The van der Waals surface area contributed by atoms with Gasteiger partial charge in [0.15, 0.2) is 4.47 Å². The number of carbonyl (C=O) groups excluding carboxylic acids is 1. The van der Waals surface area contributed by atoms with Gasteiger partial charge in [-0.2, -0.15) is 0 Å². The second-order valence-electron chi connectivity index (χ2n) is 4.37. The molecule has 1 heterocycles. The van der Waals surface area contributed by atoms with Gasteiger partial charge in [0.25, 0.3) is 0 Å². The molecule has 0 spiro atoms. The lowest BCUT2D eigenvalue weighted by molar-refractivity contribution is -0.137. The molecule has 1 aromatic carbocycles. The van der Waals surface area contributed by atoms with Crippen LogP contribution >= 0.6 is 22.9 Å². The maximum Gasteiger partial charge on any atom is 0.407 e. The Balaban J connectivity index is 1.94. The van der Waals surface area contributed by atoms with Crippen LogP contribution in [0.3, 0.4) is 0 Å². The molecule has 0 saturated carbocycles. The Kier molecular flexibility index (Phi) is 5.74. The van der Waals surface area contributed by atoms with Gasteiger partial charge in [0.05, 0.1) is 12.5 Å². The number of rotatable bonds is 6. The molecule has 22 heavy (non-hydrogen) atoms. The molecule has 0 fully saturated rings. The standard InChI is InChI=1S/C14H13ClN2O4S/c15-13-16-7-11(22-13)10(6-12(18)19)17-14(20)21-8-9-4-2-1-3-5-9/h1-5,7,10H,6,8H2,(H,17,20)(H,18,19)/t10-/m1/s1. The Bertz CT molecular complexity index is 647. The van der Waals surface area contributed by atoms with Crippen LogP contribution in [0.4, 0.5) is 4.79 Å². The zero-order valence-electron chi connectivity index (χ0n) is 11.4. The van der Waals surface area contributed by atoms with Crippen molar-refractivity contribution in [2.24, 2.45) is 0 Å². The number of hydrogen-bond donors (Lipinski definition) is 2. The summed E-state index contributed by atoms with van der Waals surface area (Å²) in [7, 11) is 0. The first kappa shape index (κ1) is 16.3. The van der Waals surface area contributed by atoms with E-state index in [1.165, 1.54) is 6.20 Å². The van der Waals surface area contributed by atoms with Crippen molar-refractivity contribution >= 4 is 35.0 Å². The largest absolute Gasteiger partial charge is 0.481 e. The number of aliphatic carboxylic acids is 1. The number of hydrogen-bond acceptors (Lipinski definition) is 5. The van der Waals surface area contributed by atoms with Crippen molar-refractivity contribution in [1.82, 2.24) is 10.3 Å². The summed E-state index contributed by atoms with van der Waals surface area (Å²) in [5.41, 5.74) is 0.841. The van der Waals surface area contributed by atoms with Crippen LogP contribution < -0.4 is 5.32 Å². The molecule has 0 radical (unpaired) electrons. The van der Waals surface area contributed by atoms with Crippen molar-refractivity contribution in [3.8, 4) is 0 Å². The van der Waals surface area contributed by atoms with Crippen molar-refractivity contribution < 1.29 is 19.4 Å². The van der Waals surface area contributed by atoms with Crippen LogP contribution in [-0.2, 0) is 16.1 Å². The summed E-state index contributed by atoms with van der Waals surface area (Å²) in [5, 5.41) is 11.4. The average Bonchev–Trinajstić information content (AvgIpc) is 2.92. The molecular formula is C14H13ClN2O4S. The number of alkyl carbamates (subject to hydrolysis) is 1. The van der Waals surface area contributed by atoms with Crippen molar-refractivity contribution in [1.29, 1.82) is 0 Å². The molecule has 1 atom stereocenters. The maximum absolute atomic E-state index is 11.8. The number of amides is 1. The highest BCUT2D eigenvalue weighted by Gasteiger charge is 2.21. The molecule has 0 aliphatic heterocycles. The number of ether oxygens (including phenoxy) is 1. The predicted octanol–water partition coefficient (Wildman–Crippen LogP) is 3.24. The topological polar surface area (TPSA) is 88.5 Å². The van der Waals surface area contributed by atoms with E-state index < -0.39 is 18.1 Å². The number of aromatic nitrogens is 1. The van der Waals surface area contributed by atoms with E-state index in [4.69, 9.17) is 21.4 Å². The van der Waals surface area contributed by atoms with Crippen molar-refractivity contribution in [3.05, 3.63) is 51.4 Å². The van der Waals surface area contributed by atoms with Gasteiger partial charge >= 0.3 is 12.1 Å². The van der Waals surface area contributed by atoms with E-state index >= 15 is 0 Å². The smallest absolute Gasteiger partial charge is 0.407 e. The minimum Gasteiger partial charge on any atom is -0.481 e. The molecule has 1 aromatic heterocycles. The zero-order chi connectivity index (χ0) is 15.9. The van der Waals surface area contributed by atoms with Crippen LogP contribution in [0.25, 0.3) is 0 Å². The van der Waals surface area contributed by atoms with Crippen molar-refractivity contribution in [2.75, 3.05) is 0 Å². The van der Waals surface area contributed by atoms with Gasteiger partial charge in [-0.3, -0.25) is 4.79 Å². The molecule has 0 aliphatic rings. The lowest BCUT2D eigenvalue weighted by Crippen LogP contribution is -2.30. The second-order valence-corrected chi connectivity index (χ2v) is 6.02. The van der Waals surface area contributed by atoms with E-state index in [0.717, 1.165) is 16.9 Å². The van der Waals surface area contributed by atoms with E-state index in [0.29, 0.717) is 4.88 Å². The highest BCUT2D eigenvalue weighted by molar-refractivity contribution is 7.15. The fraction of sp³-hybridized carbons (Fsp3) is 0.214. The minimum atomic E-state index is -1.04. The van der Waals surface area contributed by atoms with Gasteiger partial charge < -0.3 is 15.2 Å². The van der Waals surface area contributed by atoms with Crippen molar-refractivity contribution in [2.45, 2.75) is 19.1 Å². The van der Waals surface area contributed by atoms with Crippen LogP contribution in [0.5, 0.6) is 0 Å². The highest BCUT2D eigenvalue weighted by Crippen LogP contribution is 2.26. The molecule has 2 rings (SSSR count). The van der Waals surface area contributed by atoms with Gasteiger partial charge in [-0.1, -0.05) is 41.9 Å². The van der Waals surface area contributed by atoms with Gasteiger partial charge in [-0.05, 0) is 5.56 Å². The number of nitrogens with zero attached hydrogens (tertiary/aromatic N) is 1. The number of carboxylic acids is 1. The predicted molar refractivity (Wildman–Crippen MR) is 81.9 cm³/mol. The van der Waals surface area contributed by atoms with Crippen LogP contribution in [0.2, 0.25) is 4.47 Å². The quantitative estimate of drug-likeness (QED) is 0.842. The third-order valence-electron chi connectivity index (χ3n) is 2.72. The summed E-state index contributed by atoms with van der Waals surface area (Å²) in [5.74, 6) is -1.04. The molecule has 8 heteroatoms. The van der Waals surface area contributed by atoms with Crippen LogP contribution in [-0.4, -0.2) is 22.2 Å². The van der Waals surface area contributed by atoms with E-state index in [1.54, 1.807) is 0 Å². The SMILES string of the molecule is O=C(O)C[C@@H](NC(=O)OCc1ccccc1)c1cnc(Cl)s1. The Morgan fingerprint density at radius 3 is 2.68 bits per heavy atom. The Morgan fingerprint density at radius 1 is 1.36 bits per heavy atom. The monoisotopic (exact) mass is 340 g/mol. The molecule has 0 aliphatic carbocycles. The van der Waals surface area contributed by atoms with Gasteiger partial charge in [0, 0.05) is 11.1 Å². The fourth-order valence-corrected chi connectivity index (χ4v) is 2.74. The van der Waals surface area contributed by atoms with E-state index in [2.05, 4.69) is 10.3 Å². The molecule has 0 unspecified atom stereocenters. The molecular weight excluding hydrogens is 328 g/mol. The average molecular weight is 341 g/mol. The minimum absolute atomic E-state index is 0.107. The summed E-state index contributed by atoms with van der Waals surface area (Å²) < 4.78 is 5.36. The first-order valence-corrected chi connectivity index (χ1v) is 7.54. The summed E-state index contributed by atoms with van der Waals surface area (Å²) in [6.45, 7) is 0.107. The highest BCUT2D eigenvalue weighted by atomic mass is 35.5. The number of benzene rings is 1. The number of halogens is 1. The van der Waals surface area contributed by atoms with Gasteiger partial charge in [-0.25, -0.2) is 9.78 Å². The van der Waals surface area contributed by atoms with Gasteiger partial charge in [-0.15, -0.1) is 11.3 Å². The Morgan fingerprint density at radius 2 is 2.09 bits per heavy atom. The summed E-state index contributed by atoms with van der Waals surface area (Å²) >= 11 is 6.85. The summed E-state index contributed by atoms with van der Waals surface area (Å²) in [4.78, 5) is 27.1. The molecule has 1 amide bonds. The molecule has 0 bridgehead atoms. The van der Waals surface area contributed by atoms with Crippen LogP contribution in [0.1, 0.15) is 22.9 Å². The third kappa shape index (κ3) is 5.01. The number of nitrogens with one attached hydrogen (secondary N) is 1. The lowest BCUT2D eigenvalue weighted by atomic mass is 10.2. The molecule has 2 aromatic rings. The van der Waals surface area contributed by atoms with Crippen LogP contribution in [0, 0.1) is 0 Å².